The van der Waals surface area contributed by atoms with Gasteiger partial charge in [0.1, 0.15) is 5.01 Å². The van der Waals surface area contributed by atoms with Crippen molar-refractivity contribution in [1.29, 1.82) is 0 Å². The molecule has 136 valence electrons. The molecule has 1 aliphatic heterocycles. The molecule has 0 unspecified atom stereocenters. The molecule has 0 amide bonds. The Morgan fingerprint density at radius 1 is 1.20 bits per heavy atom. The third-order valence-corrected chi connectivity index (χ3v) is 6.51. The predicted molar refractivity (Wildman–Crippen MR) is 101 cm³/mol. The van der Waals surface area contributed by atoms with E-state index in [2.05, 4.69) is 45.0 Å². The van der Waals surface area contributed by atoms with E-state index in [1.807, 2.05) is 0 Å². The van der Waals surface area contributed by atoms with Crippen LogP contribution in [0.4, 0.5) is 5.13 Å². The van der Waals surface area contributed by atoms with E-state index in [4.69, 9.17) is 5.10 Å². The van der Waals surface area contributed by atoms with Crippen LogP contribution in [0.5, 0.6) is 0 Å². The van der Waals surface area contributed by atoms with Crippen molar-refractivity contribution >= 4 is 16.5 Å². The first kappa shape index (κ1) is 17.0. The van der Waals surface area contributed by atoms with Crippen LogP contribution in [0.2, 0.25) is 0 Å². The number of nitrogens with zero attached hydrogens (tertiary/aromatic N) is 5. The molecular weight excluding hydrogens is 332 g/mol. The molecule has 4 rings (SSSR count). The normalized spacial score (nSPS) is 19.3. The van der Waals surface area contributed by atoms with Crippen LogP contribution in [0.3, 0.4) is 0 Å². The van der Waals surface area contributed by atoms with Gasteiger partial charge in [0.2, 0.25) is 5.13 Å². The summed E-state index contributed by atoms with van der Waals surface area (Å²) in [6.45, 7) is 8.21. The molecule has 2 aromatic rings. The zero-order chi connectivity index (χ0) is 17.2. The second-order valence-electron chi connectivity index (χ2n) is 7.57. The number of anilines is 1. The average Bonchev–Trinajstić information content (AvgIpc) is 3.26. The van der Waals surface area contributed by atoms with E-state index >= 15 is 0 Å². The first-order chi connectivity index (χ1) is 12.2. The maximum Gasteiger partial charge on any atom is 0.206 e. The summed E-state index contributed by atoms with van der Waals surface area (Å²) < 4.78 is 2.19. The second kappa shape index (κ2) is 7.41. The van der Waals surface area contributed by atoms with E-state index in [0.717, 1.165) is 48.1 Å². The van der Waals surface area contributed by atoms with Crippen molar-refractivity contribution in [2.24, 2.45) is 0 Å². The molecule has 0 bridgehead atoms. The van der Waals surface area contributed by atoms with Crippen LogP contribution in [0.25, 0.3) is 0 Å². The number of fused-ring (bicyclic) bond motifs is 1. The van der Waals surface area contributed by atoms with Gasteiger partial charge in [-0.05, 0) is 18.9 Å². The predicted octanol–water partition coefficient (Wildman–Crippen LogP) is 3.62. The highest BCUT2D eigenvalue weighted by Gasteiger charge is 2.25. The topological polar surface area (TPSA) is 58.9 Å². The molecule has 1 saturated carbocycles. The number of hydrogen-bond donors (Lipinski definition) is 1. The quantitative estimate of drug-likeness (QED) is 0.882. The molecule has 1 aliphatic carbocycles. The fraction of sp³-hybridized carbons (Fsp3) is 0.722. The van der Waals surface area contributed by atoms with Crippen LogP contribution in [0.15, 0.2) is 6.07 Å². The molecular formula is C18H28N6S. The molecule has 0 saturated heterocycles. The zero-order valence-electron chi connectivity index (χ0n) is 15.2. The van der Waals surface area contributed by atoms with E-state index in [1.54, 1.807) is 11.3 Å². The SMILES string of the molecule is CC(C)c1nnc(NCc2cc3n(n2)CCN(C2CCCCC2)C3)s1. The van der Waals surface area contributed by atoms with Crippen LogP contribution >= 0.6 is 11.3 Å². The standard InChI is InChI=1S/C18H28N6S/c1-13(2)17-20-21-18(25-17)19-11-14-10-16-12-23(8-9-24(16)22-14)15-6-4-3-5-7-15/h10,13,15H,3-9,11-12H2,1-2H3,(H,19,21). The zero-order valence-corrected chi connectivity index (χ0v) is 16.1. The summed E-state index contributed by atoms with van der Waals surface area (Å²) in [4.78, 5) is 2.67. The number of nitrogens with one attached hydrogen (secondary N) is 1. The highest BCUT2D eigenvalue weighted by atomic mass is 32.1. The summed E-state index contributed by atoms with van der Waals surface area (Å²) in [5, 5.41) is 18.6. The lowest BCUT2D eigenvalue weighted by molar-refractivity contribution is 0.119. The van der Waals surface area contributed by atoms with Gasteiger partial charge in [-0.15, -0.1) is 10.2 Å². The molecule has 0 radical (unpaired) electrons. The Hall–Kier alpha value is -1.47. The Labute approximate surface area is 153 Å². The molecule has 3 heterocycles. The largest absolute Gasteiger partial charge is 0.354 e. The lowest BCUT2D eigenvalue weighted by Crippen LogP contribution is -2.42. The van der Waals surface area contributed by atoms with Crippen molar-refractivity contribution in [1.82, 2.24) is 24.9 Å². The number of hydrogen-bond acceptors (Lipinski definition) is 6. The molecule has 6 nitrogen and oxygen atoms in total. The first-order valence-electron chi connectivity index (χ1n) is 9.56. The smallest absolute Gasteiger partial charge is 0.206 e. The minimum atomic E-state index is 0.429. The van der Waals surface area contributed by atoms with Crippen molar-refractivity contribution in [2.45, 2.75) is 77.5 Å². The lowest BCUT2D eigenvalue weighted by atomic mass is 9.94. The Bertz CT molecular complexity index is 700. The van der Waals surface area contributed by atoms with Gasteiger partial charge in [0.15, 0.2) is 0 Å². The summed E-state index contributed by atoms with van der Waals surface area (Å²) in [6, 6.07) is 3.04. The van der Waals surface area contributed by atoms with Crippen molar-refractivity contribution in [3.05, 3.63) is 22.5 Å². The van der Waals surface area contributed by atoms with Gasteiger partial charge in [0, 0.05) is 25.0 Å². The van der Waals surface area contributed by atoms with E-state index in [0.29, 0.717) is 5.92 Å². The summed E-state index contributed by atoms with van der Waals surface area (Å²) in [6.07, 6.45) is 6.96. The van der Waals surface area contributed by atoms with Crippen molar-refractivity contribution in [3.8, 4) is 0 Å². The Morgan fingerprint density at radius 3 is 2.80 bits per heavy atom. The van der Waals surface area contributed by atoms with Crippen molar-refractivity contribution in [3.63, 3.8) is 0 Å². The van der Waals surface area contributed by atoms with Crippen LogP contribution in [0.1, 0.15) is 68.3 Å². The minimum absolute atomic E-state index is 0.429. The van der Waals surface area contributed by atoms with Gasteiger partial charge in [0.05, 0.1) is 24.5 Å². The van der Waals surface area contributed by atoms with Gasteiger partial charge in [-0.1, -0.05) is 44.4 Å². The average molecular weight is 361 g/mol. The Morgan fingerprint density at radius 2 is 2.04 bits per heavy atom. The molecule has 25 heavy (non-hydrogen) atoms. The van der Waals surface area contributed by atoms with E-state index in [1.165, 1.54) is 37.8 Å². The van der Waals surface area contributed by atoms with Gasteiger partial charge < -0.3 is 5.32 Å². The minimum Gasteiger partial charge on any atom is -0.354 e. The Kier molecular flexibility index (Phi) is 5.03. The monoisotopic (exact) mass is 360 g/mol. The third-order valence-electron chi connectivity index (χ3n) is 5.32. The van der Waals surface area contributed by atoms with Gasteiger partial charge >= 0.3 is 0 Å². The van der Waals surface area contributed by atoms with Crippen LogP contribution in [0, 0.1) is 0 Å². The highest BCUT2D eigenvalue weighted by Crippen LogP contribution is 2.26. The molecule has 0 aromatic carbocycles. The van der Waals surface area contributed by atoms with Crippen molar-refractivity contribution < 1.29 is 0 Å². The Balaban J connectivity index is 1.36. The summed E-state index contributed by atoms with van der Waals surface area (Å²) >= 11 is 1.64. The van der Waals surface area contributed by atoms with E-state index < -0.39 is 0 Å². The van der Waals surface area contributed by atoms with Crippen LogP contribution in [-0.2, 0) is 19.6 Å². The molecule has 0 atom stereocenters. The molecule has 1 N–H and O–H groups in total. The van der Waals surface area contributed by atoms with Gasteiger partial charge in [-0.25, -0.2) is 0 Å². The molecule has 7 heteroatoms. The molecule has 0 spiro atoms. The lowest BCUT2D eigenvalue weighted by Gasteiger charge is -2.36. The maximum absolute atomic E-state index is 4.77. The molecule has 2 aromatic heterocycles. The fourth-order valence-corrected chi connectivity index (χ4v) is 4.64. The summed E-state index contributed by atoms with van der Waals surface area (Å²) in [7, 11) is 0. The molecule has 2 aliphatic rings. The van der Waals surface area contributed by atoms with E-state index in [-0.39, 0.29) is 0 Å². The second-order valence-corrected chi connectivity index (χ2v) is 8.58. The number of aromatic nitrogens is 4. The van der Waals surface area contributed by atoms with Gasteiger partial charge in [0.25, 0.3) is 0 Å². The fourth-order valence-electron chi connectivity index (χ4n) is 3.90. The third kappa shape index (κ3) is 3.87. The van der Waals surface area contributed by atoms with Crippen molar-refractivity contribution in [2.75, 3.05) is 11.9 Å². The molecule has 1 fully saturated rings. The van der Waals surface area contributed by atoms with Gasteiger partial charge in [-0.2, -0.15) is 5.10 Å². The first-order valence-corrected chi connectivity index (χ1v) is 10.4. The summed E-state index contributed by atoms with van der Waals surface area (Å²) in [5.41, 5.74) is 2.45. The van der Waals surface area contributed by atoms with Gasteiger partial charge in [-0.3, -0.25) is 9.58 Å². The van der Waals surface area contributed by atoms with Crippen LogP contribution in [-0.4, -0.2) is 37.5 Å². The van der Waals surface area contributed by atoms with Crippen LogP contribution < -0.4 is 5.32 Å². The number of rotatable bonds is 5. The highest BCUT2D eigenvalue weighted by molar-refractivity contribution is 7.15. The van der Waals surface area contributed by atoms with E-state index in [9.17, 15) is 0 Å². The maximum atomic E-state index is 4.77. The summed E-state index contributed by atoms with van der Waals surface area (Å²) in [5.74, 6) is 0.429.